The Morgan fingerprint density at radius 3 is 2.30 bits per heavy atom. The number of hydrogen-bond donors (Lipinski definition) is 2. The van der Waals surface area contributed by atoms with Crippen molar-refractivity contribution in [2.75, 3.05) is 36.1 Å². The van der Waals surface area contributed by atoms with Gasteiger partial charge in [-0.05, 0) is 98.4 Å². The minimum absolute atomic E-state index is 0.144. The van der Waals surface area contributed by atoms with Gasteiger partial charge in [0.15, 0.2) is 5.11 Å². The van der Waals surface area contributed by atoms with Gasteiger partial charge in [-0.25, -0.2) is 4.79 Å². The first-order chi connectivity index (χ1) is 19.4. The van der Waals surface area contributed by atoms with E-state index in [1.54, 1.807) is 12.1 Å². The zero-order valence-corrected chi connectivity index (χ0v) is 23.3. The number of nitrogens with zero attached hydrogens (tertiary/aromatic N) is 4. The molecule has 2 aromatic heterocycles. The Bertz CT molecular complexity index is 1530. The molecule has 0 aliphatic carbocycles. The van der Waals surface area contributed by atoms with Crippen LogP contribution in [0.1, 0.15) is 45.1 Å². The van der Waals surface area contributed by atoms with Crippen LogP contribution in [0.15, 0.2) is 79.0 Å². The second-order valence-corrected chi connectivity index (χ2v) is 10.5. The highest BCUT2D eigenvalue weighted by molar-refractivity contribution is 7.80. The number of thiocarbonyl (C=S) groups is 1. The van der Waals surface area contributed by atoms with E-state index < -0.39 is 5.97 Å². The SMILES string of the molecule is Cc1cc([C@H]2[C@@H](c3ccccn3)NC(=S)N2c2ccc(N3CCOCC3)cc2)c(C)n1-c1ccc(C(=O)O)cc1. The number of anilines is 2. The van der Waals surface area contributed by atoms with Gasteiger partial charge in [-0.15, -0.1) is 0 Å². The first kappa shape index (κ1) is 26.0. The van der Waals surface area contributed by atoms with E-state index in [1.807, 2.05) is 36.5 Å². The molecule has 0 spiro atoms. The number of nitrogens with one attached hydrogen (secondary N) is 1. The van der Waals surface area contributed by atoms with Crippen molar-refractivity contribution in [3.63, 3.8) is 0 Å². The van der Waals surface area contributed by atoms with Gasteiger partial charge in [0.25, 0.3) is 0 Å². The van der Waals surface area contributed by atoms with Gasteiger partial charge in [-0.3, -0.25) is 4.98 Å². The van der Waals surface area contributed by atoms with Crippen LogP contribution in [0, 0.1) is 13.8 Å². The summed E-state index contributed by atoms with van der Waals surface area (Å²) in [7, 11) is 0. The van der Waals surface area contributed by atoms with Crippen LogP contribution < -0.4 is 15.1 Å². The molecule has 2 fully saturated rings. The molecular formula is C31H31N5O3S. The van der Waals surface area contributed by atoms with Crippen LogP contribution in [0.5, 0.6) is 0 Å². The van der Waals surface area contributed by atoms with Gasteiger partial charge in [0.05, 0.1) is 36.6 Å². The first-order valence-electron chi connectivity index (χ1n) is 13.4. The van der Waals surface area contributed by atoms with Crippen LogP contribution >= 0.6 is 12.2 Å². The molecule has 4 aromatic rings. The van der Waals surface area contributed by atoms with Crippen molar-refractivity contribution in [3.8, 4) is 5.69 Å². The summed E-state index contributed by atoms with van der Waals surface area (Å²) in [5.41, 5.74) is 7.51. The molecule has 204 valence electrons. The number of carboxylic acids is 1. The zero-order valence-electron chi connectivity index (χ0n) is 22.4. The van der Waals surface area contributed by atoms with E-state index >= 15 is 0 Å². The first-order valence-corrected chi connectivity index (χ1v) is 13.8. The Labute approximate surface area is 238 Å². The summed E-state index contributed by atoms with van der Waals surface area (Å²) in [4.78, 5) is 20.6. The average Bonchev–Trinajstić information content (AvgIpc) is 3.48. The number of aromatic nitrogens is 2. The van der Waals surface area contributed by atoms with Crippen LogP contribution in [0.2, 0.25) is 0 Å². The van der Waals surface area contributed by atoms with Crippen LogP contribution in [0.25, 0.3) is 5.69 Å². The number of carbonyl (C=O) groups is 1. The lowest BCUT2D eigenvalue weighted by Crippen LogP contribution is -2.36. The van der Waals surface area contributed by atoms with Crippen LogP contribution in [0.3, 0.4) is 0 Å². The van der Waals surface area contributed by atoms with E-state index in [0.717, 1.165) is 60.3 Å². The summed E-state index contributed by atoms with van der Waals surface area (Å²) in [5.74, 6) is -0.938. The standard InChI is InChI=1S/C31H31N5O3S/c1-20-19-26(21(2)35(20)24-8-6-22(7-9-24)30(37)38)29-28(27-5-3-4-14-32-27)33-31(40)36(29)25-12-10-23(11-13-25)34-15-17-39-18-16-34/h3-14,19,28-29H,15-18H2,1-2H3,(H,33,40)(H,37,38)/t28-,29+/m1/s1. The summed E-state index contributed by atoms with van der Waals surface area (Å²) in [6.45, 7) is 7.41. The monoisotopic (exact) mass is 553 g/mol. The van der Waals surface area contributed by atoms with Crippen molar-refractivity contribution >= 4 is 34.7 Å². The molecule has 2 atom stereocenters. The lowest BCUT2D eigenvalue weighted by Gasteiger charge is -2.31. The Morgan fingerprint density at radius 1 is 0.975 bits per heavy atom. The molecule has 2 saturated heterocycles. The van der Waals surface area contributed by atoms with Gasteiger partial charge in [0, 0.05) is 47.7 Å². The molecule has 2 aliphatic heterocycles. The van der Waals surface area contributed by atoms with E-state index in [0.29, 0.717) is 5.11 Å². The lowest BCUT2D eigenvalue weighted by molar-refractivity contribution is 0.0697. The van der Waals surface area contributed by atoms with Crippen LogP contribution in [-0.4, -0.2) is 52.0 Å². The molecule has 2 N–H and O–H groups in total. The second kappa shape index (κ2) is 10.7. The predicted octanol–water partition coefficient (Wildman–Crippen LogP) is 5.20. The van der Waals surface area contributed by atoms with E-state index in [1.165, 1.54) is 5.69 Å². The predicted molar refractivity (Wildman–Crippen MR) is 160 cm³/mol. The number of aromatic carboxylic acids is 1. The van der Waals surface area contributed by atoms with Gasteiger partial charge >= 0.3 is 5.97 Å². The van der Waals surface area contributed by atoms with Crippen LogP contribution in [0.4, 0.5) is 11.4 Å². The summed E-state index contributed by atoms with van der Waals surface area (Å²) in [6, 6.07) is 23.4. The highest BCUT2D eigenvalue weighted by atomic mass is 32.1. The lowest BCUT2D eigenvalue weighted by atomic mass is 9.96. The molecule has 0 unspecified atom stereocenters. The Balaban J connectivity index is 1.42. The van der Waals surface area contributed by atoms with E-state index in [9.17, 15) is 9.90 Å². The topological polar surface area (TPSA) is 82.9 Å². The van der Waals surface area contributed by atoms with Crippen molar-refractivity contribution in [1.29, 1.82) is 0 Å². The van der Waals surface area contributed by atoms with Crippen molar-refractivity contribution in [2.24, 2.45) is 0 Å². The van der Waals surface area contributed by atoms with Crippen molar-refractivity contribution in [3.05, 3.63) is 107 Å². The maximum absolute atomic E-state index is 11.4. The number of rotatable bonds is 6. The molecule has 40 heavy (non-hydrogen) atoms. The molecule has 4 heterocycles. The number of ether oxygens (including phenoxy) is 1. The smallest absolute Gasteiger partial charge is 0.335 e. The van der Waals surface area contributed by atoms with Crippen LogP contribution in [-0.2, 0) is 4.74 Å². The van der Waals surface area contributed by atoms with Gasteiger partial charge in [0.1, 0.15) is 0 Å². The summed E-state index contributed by atoms with van der Waals surface area (Å²) in [6.07, 6.45) is 1.81. The third-order valence-electron chi connectivity index (χ3n) is 7.76. The minimum Gasteiger partial charge on any atom is -0.478 e. The molecule has 6 rings (SSSR count). The number of aryl methyl sites for hydroxylation is 1. The van der Waals surface area contributed by atoms with E-state index in [4.69, 9.17) is 17.0 Å². The van der Waals surface area contributed by atoms with Gasteiger partial charge in [-0.2, -0.15) is 0 Å². The maximum Gasteiger partial charge on any atom is 0.335 e. The molecule has 0 bridgehead atoms. The summed E-state index contributed by atoms with van der Waals surface area (Å²) >= 11 is 5.95. The van der Waals surface area contributed by atoms with Gasteiger partial charge in [0.2, 0.25) is 0 Å². The van der Waals surface area contributed by atoms with Crippen molar-refractivity contribution in [1.82, 2.24) is 14.9 Å². The number of hydrogen-bond acceptors (Lipinski definition) is 5. The van der Waals surface area contributed by atoms with Crippen molar-refractivity contribution in [2.45, 2.75) is 25.9 Å². The Morgan fingerprint density at radius 2 is 1.65 bits per heavy atom. The Hall–Kier alpha value is -4.21. The number of morpholine rings is 1. The minimum atomic E-state index is -0.938. The summed E-state index contributed by atoms with van der Waals surface area (Å²) < 4.78 is 7.68. The number of carboxylic acid groups (broad SMARTS) is 1. The Kier molecular flexibility index (Phi) is 7.00. The zero-order chi connectivity index (χ0) is 27.8. The fraction of sp³-hybridized carbons (Fsp3) is 0.258. The quantitative estimate of drug-likeness (QED) is 0.315. The van der Waals surface area contributed by atoms with Gasteiger partial charge in [-0.1, -0.05) is 6.07 Å². The second-order valence-electron chi connectivity index (χ2n) is 10.1. The molecule has 2 aromatic carbocycles. The number of pyridine rings is 1. The fourth-order valence-corrected chi connectivity index (χ4v) is 6.18. The average molecular weight is 554 g/mol. The third kappa shape index (κ3) is 4.71. The highest BCUT2D eigenvalue weighted by Gasteiger charge is 2.42. The molecule has 0 radical (unpaired) electrons. The molecule has 9 heteroatoms. The highest BCUT2D eigenvalue weighted by Crippen LogP contribution is 2.44. The van der Waals surface area contributed by atoms with Gasteiger partial charge < -0.3 is 29.5 Å². The third-order valence-corrected chi connectivity index (χ3v) is 8.08. The maximum atomic E-state index is 11.4. The molecule has 2 aliphatic rings. The van der Waals surface area contributed by atoms with E-state index in [2.05, 4.69) is 68.8 Å². The largest absolute Gasteiger partial charge is 0.478 e. The molecule has 0 saturated carbocycles. The summed E-state index contributed by atoms with van der Waals surface area (Å²) in [5, 5.41) is 13.6. The molecule has 0 amide bonds. The van der Waals surface area contributed by atoms with E-state index in [-0.39, 0.29) is 17.6 Å². The fourth-order valence-electron chi connectivity index (χ4n) is 5.83. The van der Waals surface area contributed by atoms with Crippen molar-refractivity contribution < 1.29 is 14.6 Å². The molecule has 8 nitrogen and oxygen atoms in total. The normalized spacial score (nSPS) is 19.1. The number of benzene rings is 2. The molecular weight excluding hydrogens is 522 g/mol.